The van der Waals surface area contributed by atoms with Gasteiger partial charge < -0.3 is 14.2 Å². The highest BCUT2D eigenvalue weighted by Gasteiger charge is 2.12. The number of hydrogen-bond acceptors (Lipinski definition) is 6. The average molecular weight is 380 g/mol. The number of hydrogen-bond donors (Lipinski definition) is 2. The van der Waals surface area contributed by atoms with Crippen LogP contribution in [-0.2, 0) is 0 Å². The molecule has 0 radical (unpaired) electrons. The third kappa shape index (κ3) is 4.29. The number of aromatic amines is 1. The highest BCUT2D eigenvalue weighted by Crippen LogP contribution is 2.31. The maximum atomic E-state index is 12.3. The number of aromatic nitrogens is 2. The fraction of sp³-hybridized carbons (Fsp3) is 0.150. The Morgan fingerprint density at radius 1 is 1.04 bits per heavy atom. The van der Waals surface area contributed by atoms with Crippen LogP contribution in [0.2, 0.25) is 0 Å². The zero-order valence-corrected chi connectivity index (χ0v) is 15.7. The van der Waals surface area contributed by atoms with Crippen molar-refractivity contribution in [2.24, 2.45) is 5.10 Å². The Morgan fingerprint density at radius 2 is 1.86 bits per heavy atom. The minimum absolute atomic E-state index is 0.285. The molecule has 1 amide bonds. The number of carbonyl (C=O) groups excluding carboxylic acids is 1. The molecule has 1 aromatic heterocycles. The van der Waals surface area contributed by atoms with Crippen LogP contribution in [0.15, 0.2) is 53.6 Å². The largest absolute Gasteiger partial charge is 0.497 e. The normalized spacial score (nSPS) is 10.7. The Hall–Kier alpha value is -3.81. The van der Waals surface area contributed by atoms with Gasteiger partial charge in [-0.2, -0.15) is 10.2 Å². The van der Waals surface area contributed by atoms with Gasteiger partial charge in [-0.1, -0.05) is 12.1 Å². The summed E-state index contributed by atoms with van der Waals surface area (Å²) in [7, 11) is 4.72. The number of nitrogens with zero attached hydrogens (tertiary/aromatic N) is 2. The van der Waals surface area contributed by atoms with Crippen molar-refractivity contribution in [1.29, 1.82) is 0 Å². The summed E-state index contributed by atoms with van der Waals surface area (Å²) < 4.78 is 15.7. The second-order valence-corrected chi connectivity index (χ2v) is 5.71. The molecule has 2 aromatic carbocycles. The number of nitrogens with one attached hydrogen (secondary N) is 2. The highest BCUT2D eigenvalue weighted by molar-refractivity contribution is 5.94. The molecule has 0 saturated carbocycles. The summed E-state index contributed by atoms with van der Waals surface area (Å²) >= 11 is 0. The number of rotatable bonds is 7. The molecule has 0 aliphatic rings. The molecular weight excluding hydrogens is 360 g/mol. The third-order valence-corrected chi connectivity index (χ3v) is 3.98. The zero-order valence-electron chi connectivity index (χ0n) is 15.7. The number of methoxy groups -OCH3 is 3. The molecule has 0 aliphatic heterocycles. The lowest BCUT2D eigenvalue weighted by atomic mass is 10.1. The first kappa shape index (κ1) is 19.0. The van der Waals surface area contributed by atoms with Gasteiger partial charge in [-0.05, 0) is 42.0 Å². The van der Waals surface area contributed by atoms with Crippen molar-refractivity contribution in [3.05, 3.63) is 59.8 Å². The first-order valence-electron chi connectivity index (χ1n) is 8.40. The van der Waals surface area contributed by atoms with Crippen LogP contribution in [0, 0.1) is 0 Å². The highest BCUT2D eigenvalue weighted by atomic mass is 16.5. The minimum Gasteiger partial charge on any atom is -0.497 e. The number of H-pyrrole nitrogens is 1. The van der Waals surface area contributed by atoms with Gasteiger partial charge in [-0.15, -0.1) is 0 Å². The first-order chi connectivity index (χ1) is 13.6. The van der Waals surface area contributed by atoms with Crippen molar-refractivity contribution in [2.75, 3.05) is 21.3 Å². The van der Waals surface area contributed by atoms with E-state index in [4.69, 9.17) is 14.2 Å². The standard InChI is InChI=1S/C20H20N4O4/c1-26-15-6-4-5-13(9-15)12-21-24-20(25)17-11-16(22-23-17)14-7-8-18(27-2)19(10-14)28-3/h4-12H,1-3H3,(H,22,23)(H,24,25). The molecule has 3 rings (SSSR count). The number of amides is 1. The van der Waals surface area contributed by atoms with Crippen LogP contribution in [0.4, 0.5) is 0 Å². The summed E-state index contributed by atoms with van der Waals surface area (Å²) in [5.74, 6) is 1.50. The van der Waals surface area contributed by atoms with E-state index in [1.807, 2.05) is 24.3 Å². The van der Waals surface area contributed by atoms with Gasteiger partial charge in [-0.3, -0.25) is 9.89 Å². The van der Waals surface area contributed by atoms with Crippen LogP contribution in [0.5, 0.6) is 17.2 Å². The summed E-state index contributed by atoms with van der Waals surface area (Å²) in [6, 6.07) is 14.4. The number of carbonyl (C=O) groups is 1. The third-order valence-electron chi connectivity index (χ3n) is 3.98. The summed E-state index contributed by atoms with van der Waals surface area (Å²) in [5, 5.41) is 10.8. The number of ether oxygens (including phenoxy) is 3. The van der Waals surface area contributed by atoms with E-state index in [0.717, 1.165) is 11.1 Å². The summed E-state index contributed by atoms with van der Waals surface area (Å²) in [4.78, 5) is 12.3. The van der Waals surface area contributed by atoms with Gasteiger partial charge in [-0.25, -0.2) is 5.43 Å². The van der Waals surface area contributed by atoms with Crippen molar-refractivity contribution in [1.82, 2.24) is 15.6 Å². The van der Waals surface area contributed by atoms with E-state index in [9.17, 15) is 4.79 Å². The van der Waals surface area contributed by atoms with Gasteiger partial charge in [0.2, 0.25) is 0 Å². The van der Waals surface area contributed by atoms with Crippen LogP contribution in [0.1, 0.15) is 16.1 Å². The Morgan fingerprint density at radius 3 is 2.61 bits per heavy atom. The van der Waals surface area contributed by atoms with Crippen molar-refractivity contribution in [3.8, 4) is 28.5 Å². The molecular formula is C20H20N4O4. The molecule has 1 heterocycles. The van der Waals surface area contributed by atoms with Crippen LogP contribution in [-0.4, -0.2) is 43.6 Å². The van der Waals surface area contributed by atoms with Gasteiger partial charge in [0.05, 0.1) is 33.2 Å². The Labute approximate surface area is 162 Å². The molecule has 3 aromatic rings. The Bertz CT molecular complexity index is 997. The minimum atomic E-state index is -0.404. The average Bonchev–Trinajstić information content (AvgIpc) is 3.23. The fourth-order valence-corrected chi connectivity index (χ4v) is 2.53. The predicted molar refractivity (Wildman–Crippen MR) is 105 cm³/mol. The topological polar surface area (TPSA) is 97.8 Å². The zero-order chi connectivity index (χ0) is 19.9. The fourth-order valence-electron chi connectivity index (χ4n) is 2.53. The van der Waals surface area contributed by atoms with E-state index in [0.29, 0.717) is 22.9 Å². The smallest absolute Gasteiger partial charge is 0.289 e. The molecule has 0 bridgehead atoms. The van der Waals surface area contributed by atoms with E-state index >= 15 is 0 Å². The maximum Gasteiger partial charge on any atom is 0.289 e. The summed E-state index contributed by atoms with van der Waals surface area (Å²) in [5.41, 5.74) is 4.94. The molecule has 0 aliphatic carbocycles. The molecule has 0 saturated heterocycles. The van der Waals surface area contributed by atoms with E-state index < -0.39 is 5.91 Å². The Balaban J connectivity index is 1.69. The molecule has 144 valence electrons. The van der Waals surface area contributed by atoms with Crippen LogP contribution >= 0.6 is 0 Å². The maximum absolute atomic E-state index is 12.3. The molecule has 0 fully saturated rings. The van der Waals surface area contributed by atoms with E-state index in [-0.39, 0.29) is 5.69 Å². The molecule has 8 nitrogen and oxygen atoms in total. The van der Waals surface area contributed by atoms with Gasteiger partial charge in [0, 0.05) is 5.56 Å². The lowest BCUT2D eigenvalue weighted by Crippen LogP contribution is -2.18. The predicted octanol–water partition coefficient (Wildman–Crippen LogP) is 2.87. The Kier molecular flexibility index (Phi) is 5.91. The van der Waals surface area contributed by atoms with Crippen molar-refractivity contribution in [2.45, 2.75) is 0 Å². The van der Waals surface area contributed by atoms with Crippen LogP contribution in [0.25, 0.3) is 11.3 Å². The van der Waals surface area contributed by atoms with Gasteiger partial charge >= 0.3 is 0 Å². The number of hydrazone groups is 1. The molecule has 28 heavy (non-hydrogen) atoms. The van der Waals surface area contributed by atoms with Crippen molar-refractivity contribution < 1.29 is 19.0 Å². The molecule has 2 N–H and O–H groups in total. The molecule has 0 unspecified atom stereocenters. The van der Waals surface area contributed by atoms with Crippen LogP contribution in [0.3, 0.4) is 0 Å². The van der Waals surface area contributed by atoms with Gasteiger partial charge in [0.1, 0.15) is 11.4 Å². The monoisotopic (exact) mass is 380 g/mol. The van der Waals surface area contributed by atoms with Gasteiger partial charge in [0.25, 0.3) is 5.91 Å². The summed E-state index contributed by atoms with van der Waals surface area (Å²) in [6.45, 7) is 0. The quantitative estimate of drug-likeness (QED) is 0.485. The first-order valence-corrected chi connectivity index (χ1v) is 8.40. The SMILES string of the molecule is COc1cccc(C=NNC(=O)c2cc(-c3ccc(OC)c(OC)c3)n[nH]2)c1. The number of benzene rings is 2. The summed E-state index contributed by atoms with van der Waals surface area (Å²) in [6.07, 6.45) is 1.53. The van der Waals surface area contributed by atoms with Gasteiger partial charge in [0.15, 0.2) is 11.5 Å². The molecule has 0 atom stereocenters. The van der Waals surface area contributed by atoms with Crippen LogP contribution < -0.4 is 19.6 Å². The second-order valence-electron chi connectivity index (χ2n) is 5.71. The van der Waals surface area contributed by atoms with Crippen molar-refractivity contribution >= 4 is 12.1 Å². The molecule has 0 spiro atoms. The van der Waals surface area contributed by atoms with E-state index in [1.54, 1.807) is 45.6 Å². The lowest BCUT2D eigenvalue weighted by Gasteiger charge is -2.08. The second kappa shape index (κ2) is 8.72. The lowest BCUT2D eigenvalue weighted by molar-refractivity contribution is 0.0950. The van der Waals surface area contributed by atoms with E-state index in [1.165, 1.54) is 6.21 Å². The van der Waals surface area contributed by atoms with E-state index in [2.05, 4.69) is 20.7 Å². The molecule has 8 heteroatoms. The van der Waals surface area contributed by atoms with Crippen molar-refractivity contribution in [3.63, 3.8) is 0 Å².